The number of likely N-dealkylation sites (tertiary alicyclic amines) is 1. The molecular formula is C23H25N5O2. The minimum Gasteiger partial charge on any atom is -0.369 e. The van der Waals surface area contributed by atoms with E-state index in [2.05, 4.69) is 40.5 Å². The number of rotatable bonds is 5. The van der Waals surface area contributed by atoms with Crippen LogP contribution in [0.5, 0.6) is 0 Å². The molecule has 1 saturated heterocycles. The fraction of sp³-hybridized carbons (Fsp3) is 0.348. The Morgan fingerprint density at radius 1 is 1.07 bits per heavy atom. The van der Waals surface area contributed by atoms with E-state index in [1.165, 1.54) is 16.8 Å². The average Bonchev–Trinajstić information content (AvgIpc) is 3.38. The van der Waals surface area contributed by atoms with Gasteiger partial charge in [-0.15, -0.1) is 0 Å². The molecule has 1 N–H and O–H groups in total. The van der Waals surface area contributed by atoms with Crippen LogP contribution >= 0.6 is 0 Å². The molecule has 30 heavy (non-hydrogen) atoms. The summed E-state index contributed by atoms with van der Waals surface area (Å²) in [5, 5.41) is 19.4. The molecule has 3 heterocycles. The molecule has 3 aromatic rings. The van der Waals surface area contributed by atoms with E-state index >= 15 is 0 Å². The first-order valence-electron chi connectivity index (χ1n) is 10.6. The SMILES string of the molecule is O=[N+]([O-])c1ccc(-n2nc(C3CCN(Cc4ccccc4)CC3)c3c2NCC3)cc1. The van der Waals surface area contributed by atoms with Gasteiger partial charge in [0, 0.05) is 36.7 Å². The van der Waals surface area contributed by atoms with Gasteiger partial charge in [0.05, 0.1) is 16.3 Å². The number of nitrogens with zero attached hydrogens (tertiary/aromatic N) is 4. The number of aromatic nitrogens is 2. The number of anilines is 1. The highest BCUT2D eigenvalue weighted by Gasteiger charge is 2.30. The molecule has 0 bridgehead atoms. The van der Waals surface area contributed by atoms with Gasteiger partial charge >= 0.3 is 0 Å². The highest BCUT2D eigenvalue weighted by atomic mass is 16.6. The highest BCUT2D eigenvalue weighted by molar-refractivity contribution is 5.58. The van der Waals surface area contributed by atoms with Gasteiger partial charge in [-0.25, -0.2) is 4.68 Å². The van der Waals surface area contributed by atoms with Gasteiger partial charge in [-0.05, 0) is 50.0 Å². The van der Waals surface area contributed by atoms with Gasteiger partial charge in [-0.2, -0.15) is 5.10 Å². The van der Waals surface area contributed by atoms with Gasteiger partial charge in [0.2, 0.25) is 0 Å². The molecule has 1 fully saturated rings. The number of hydrogen-bond donors (Lipinski definition) is 1. The summed E-state index contributed by atoms with van der Waals surface area (Å²) in [5.74, 6) is 1.51. The lowest BCUT2D eigenvalue weighted by atomic mass is 9.90. The van der Waals surface area contributed by atoms with E-state index in [9.17, 15) is 10.1 Å². The zero-order valence-corrected chi connectivity index (χ0v) is 16.8. The maximum Gasteiger partial charge on any atom is 0.269 e. The average molecular weight is 403 g/mol. The standard InChI is InChI=1S/C23H25N5O2/c29-28(30)20-8-6-19(7-9-20)27-23-21(10-13-24-23)22(25-27)18-11-14-26(15-12-18)16-17-4-2-1-3-5-17/h1-9,18,24H,10-16H2. The van der Waals surface area contributed by atoms with Crippen molar-refractivity contribution in [1.82, 2.24) is 14.7 Å². The predicted octanol–water partition coefficient (Wildman–Crippen LogP) is 4.13. The fourth-order valence-corrected chi connectivity index (χ4v) is 4.64. The van der Waals surface area contributed by atoms with Crippen molar-refractivity contribution in [3.8, 4) is 5.69 Å². The third-order valence-corrected chi connectivity index (χ3v) is 6.21. The summed E-state index contributed by atoms with van der Waals surface area (Å²) in [6.45, 7) is 4.07. The van der Waals surface area contributed by atoms with Gasteiger partial charge in [-0.3, -0.25) is 15.0 Å². The van der Waals surface area contributed by atoms with E-state index in [4.69, 9.17) is 5.10 Å². The third-order valence-electron chi connectivity index (χ3n) is 6.21. The van der Waals surface area contributed by atoms with Crippen LogP contribution in [-0.4, -0.2) is 39.2 Å². The molecule has 7 heteroatoms. The van der Waals surface area contributed by atoms with Gasteiger partial charge in [0.1, 0.15) is 5.82 Å². The van der Waals surface area contributed by atoms with Crippen LogP contribution in [0.4, 0.5) is 11.5 Å². The summed E-state index contributed by atoms with van der Waals surface area (Å²) in [7, 11) is 0. The number of piperidine rings is 1. The molecule has 0 radical (unpaired) electrons. The van der Waals surface area contributed by atoms with E-state index < -0.39 is 0 Å². The van der Waals surface area contributed by atoms with Crippen LogP contribution in [0.15, 0.2) is 54.6 Å². The van der Waals surface area contributed by atoms with E-state index in [1.54, 1.807) is 24.3 Å². The smallest absolute Gasteiger partial charge is 0.269 e. The normalized spacial score (nSPS) is 16.9. The lowest BCUT2D eigenvalue weighted by Gasteiger charge is -2.31. The van der Waals surface area contributed by atoms with Crippen molar-refractivity contribution in [2.75, 3.05) is 25.0 Å². The van der Waals surface area contributed by atoms with Crippen LogP contribution in [-0.2, 0) is 13.0 Å². The van der Waals surface area contributed by atoms with E-state index in [0.717, 1.165) is 56.9 Å². The third kappa shape index (κ3) is 3.57. The Labute approximate surface area is 175 Å². The monoisotopic (exact) mass is 403 g/mol. The lowest BCUT2D eigenvalue weighted by Crippen LogP contribution is -2.32. The molecule has 0 amide bonds. The van der Waals surface area contributed by atoms with Crippen molar-refractivity contribution < 1.29 is 4.92 Å². The molecule has 2 aliphatic rings. The van der Waals surface area contributed by atoms with E-state index in [-0.39, 0.29) is 10.6 Å². The number of hydrogen-bond acceptors (Lipinski definition) is 5. The topological polar surface area (TPSA) is 76.2 Å². The van der Waals surface area contributed by atoms with Crippen LogP contribution in [0.25, 0.3) is 5.69 Å². The molecule has 2 aromatic carbocycles. The summed E-state index contributed by atoms with van der Waals surface area (Å²) >= 11 is 0. The number of nitrogens with one attached hydrogen (secondary N) is 1. The number of fused-ring (bicyclic) bond motifs is 1. The minimum absolute atomic E-state index is 0.0986. The first-order valence-corrected chi connectivity index (χ1v) is 10.6. The molecule has 0 saturated carbocycles. The van der Waals surface area contributed by atoms with Crippen molar-refractivity contribution in [1.29, 1.82) is 0 Å². The largest absolute Gasteiger partial charge is 0.369 e. The second kappa shape index (κ2) is 7.91. The maximum atomic E-state index is 11.0. The van der Waals surface area contributed by atoms with Crippen molar-refractivity contribution in [2.45, 2.75) is 31.7 Å². The summed E-state index contributed by atoms with van der Waals surface area (Å²) in [6, 6.07) is 17.3. The molecule has 0 spiro atoms. The summed E-state index contributed by atoms with van der Waals surface area (Å²) in [4.78, 5) is 13.1. The predicted molar refractivity (Wildman–Crippen MR) is 116 cm³/mol. The Hall–Kier alpha value is -3.19. The summed E-state index contributed by atoms with van der Waals surface area (Å²) < 4.78 is 1.93. The van der Waals surface area contributed by atoms with Gasteiger partial charge in [-0.1, -0.05) is 30.3 Å². The van der Waals surface area contributed by atoms with Crippen LogP contribution in [0, 0.1) is 10.1 Å². The van der Waals surface area contributed by atoms with Crippen molar-refractivity contribution >= 4 is 11.5 Å². The Kier molecular flexibility index (Phi) is 4.96. The molecule has 0 aliphatic carbocycles. The van der Waals surface area contributed by atoms with Crippen LogP contribution in [0.2, 0.25) is 0 Å². The number of nitro benzene ring substituents is 1. The van der Waals surface area contributed by atoms with Crippen molar-refractivity contribution in [2.24, 2.45) is 0 Å². The fourth-order valence-electron chi connectivity index (χ4n) is 4.64. The minimum atomic E-state index is -0.371. The van der Waals surface area contributed by atoms with Crippen LogP contribution in [0.1, 0.15) is 35.6 Å². The summed E-state index contributed by atoms with van der Waals surface area (Å²) in [6.07, 6.45) is 3.20. The van der Waals surface area contributed by atoms with E-state index in [0.29, 0.717) is 5.92 Å². The highest BCUT2D eigenvalue weighted by Crippen LogP contribution is 2.37. The van der Waals surface area contributed by atoms with Gasteiger partial charge in [0.15, 0.2) is 0 Å². The van der Waals surface area contributed by atoms with Gasteiger partial charge in [0.25, 0.3) is 5.69 Å². The number of benzene rings is 2. The van der Waals surface area contributed by atoms with Crippen LogP contribution in [0.3, 0.4) is 0 Å². The Morgan fingerprint density at radius 3 is 2.50 bits per heavy atom. The molecule has 5 rings (SSSR count). The maximum absolute atomic E-state index is 11.0. The second-order valence-electron chi connectivity index (χ2n) is 8.11. The Balaban J connectivity index is 1.33. The van der Waals surface area contributed by atoms with Gasteiger partial charge < -0.3 is 5.32 Å². The number of nitro groups is 1. The molecule has 7 nitrogen and oxygen atoms in total. The zero-order valence-electron chi connectivity index (χ0n) is 16.8. The molecule has 2 aliphatic heterocycles. The molecule has 1 aromatic heterocycles. The summed E-state index contributed by atoms with van der Waals surface area (Å²) in [5.41, 5.74) is 4.84. The molecule has 0 atom stereocenters. The van der Waals surface area contributed by atoms with E-state index in [1.807, 2.05) is 4.68 Å². The zero-order chi connectivity index (χ0) is 20.5. The molecule has 0 unspecified atom stereocenters. The second-order valence-corrected chi connectivity index (χ2v) is 8.11. The van der Waals surface area contributed by atoms with Crippen molar-refractivity contribution in [3.63, 3.8) is 0 Å². The first kappa shape index (κ1) is 18.8. The Bertz CT molecular complexity index is 1040. The quantitative estimate of drug-likeness (QED) is 0.512. The van der Waals surface area contributed by atoms with Crippen molar-refractivity contribution in [3.05, 3.63) is 81.5 Å². The lowest BCUT2D eigenvalue weighted by molar-refractivity contribution is -0.384. The molecular weight excluding hydrogens is 378 g/mol. The number of non-ortho nitro benzene ring substituents is 1. The first-order chi connectivity index (χ1) is 14.7. The molecule has 154 valence electrons. The van der Waals surface area contributed by atoms with Crippen LogP contribution < -0.4 is 5.32 Å². The Morgan fingerprint density at radius 2 is 1.80 bits per heavy atom.